The molecular weight excluding hydrogens is 262 g/mol. The maximum absolute atomic E-state index is 11.1. The summed E-state index contributed by atoms with van der Waals surface area (Å²) in [6, 6.07) is 7.43. The number of carbonyl (C=O) groups is 1. The molecule has 3 aromatic heterocycles. The SMILES string of the molecule is Cc1cc(-c2ccccn2)nc2c(C(=O)O)nsc12. The maximum atomic E-state index is 11.1. The molecule has 6 heteroatoms. The second-order valence-corrected chi connectivity index (χ2v) is 4.83. The molecule has 0 saturated heterocycles. The van der Waals surface area contributed by atoms with Crippen molar-refractivity contribution in [1.82, 2.24) is 14.3 Å². The minimum Gasteiger partial charge on any atom is -0.476 e. The molecular formula is C13H9N3O2S. The van der Waals surface area contributed by atoms with Gasteiger partial charge in [-0.15, -0.1) is 0 Å². The van der Waals surface area contributed by atoms with Gasteiger partial charge in [0.1, 0.15) is 5.52 Å². The van der Waals surface area contributed by atoms with Gasteiger partial charge in [0.2, 0.25) is 0 Å². The van der Waals surface area contributed by atoms with Crippen LogP contribution in [0, 0.1) is 6.92 Å². The lowest BCUT2D eigenvalue weighted by molar-refractivity contribution is 0.0694. The molecule has 3 rings (SSSR count). The van der Waals surface area contributed by atoms with E-state index in [1.54, 1.807) is 6.20 Å². The summed E-state index contributed by atoms with van der Waals surface area (Å²) in [5.41, 5.74) is 2.76. The number of carboxylic acids is 1. The molecule has 0 amide bonds. The first-order chi connectivity index (χ1) is 9.16. The fraction of sp³-hybridized carbons (Fsp3) is 0.0769. The highest BCUT2D eigenvalue weighted by Crippen LogP contribution is 2.28. The minimum absolute atomic E-state index is 0.000816. The molecule has 1 N–H and O–H groups in total. The Morgan fingerprint density at radius 3 is 2.84 bits per heavy atom. The maximum Gasteiger partial charge on any atom is 0.357 e. The van der Waals surface area contributed by atoms with Gasteiger partial charge in [0.15, 0.2) is 5.69 Å². The Morgan fingerprint density at radius 1 is 1.32 bits per heavy atom. The van der Waals surface area contributed by atoms with E-state index in [1.165, 1.54) is 0 Å². The van der Waals surface area contributed by atoms with Gasteiger partial charge in [0, 0.05) is 6.20 Å². The molecule has 5 nitrogen and oxygen atoms in total. The summed E-state index contributed by atoms with van der Waals surface area (Å²) >= 11 is 1.16. The number of nitrogens with zero attached hydrogens (tertiary/aromatic N) is 3. The Kier molecular flexibility index (Phi) is 2.72. The Hall–Kier alpha value is -2.34. The van der Waals surface area contributed by atoms with E-state index in [9.17, 15) is 4.79 Å². The van der Waals surface area contributed by atoms with Crippen molar-refractivity contribution < 1.29 is 9.90 Å². The van der Waals surface area contributed by atoms with Crippen molar-refractivity contribution in [2.75, 3.05) is 0 Å². The largest absolute Gasteiger partial charge is 0.476 e. The number of pyridine rings is 2. The standard InChI is InChI=1S/C13H9N3O2S/c1-7-6-9(8-4-2-3-5-14-8)15-10-11(13(17)18)16-19-12(7)10/h2-6H,1H3,(H,17,18). The van der Waals surface area contributed by atoms with Crippen LogP contribution in [0.5, 0.6) is 0 Å². The topological polar surface area (TPSA) is 76.0 Å². The summed E-state index contributed by atoms with van der Waals surface area (Å²) < 4.78 is 4.75. The van der Waals surface area contributed by atoms with E-state index >= 15 is 0 Å². The number of aromatic nitrogens is 3. The van der Waals surface area contributed by atoms with E-state index in [-0.39, 0.29) is 5.69 Å². The predicted molar refractivity (Wildman–Crippen MR) is 72.3 cm³/mol. The third kappa shape index (κ3) is 1.96. The lowest BCUT2D eigenvalue weighted by Crippen LogP contribution is -1.98. The summed E-state index contributed by atoms with van der Waals surface area (Å²) in [4.78, 5) is 19.7. The van der Waals surface area contributed by atoms with E-state index < -0.39 is 5.97 Å². The normalized spacial score (nSPS) is 10.8. The second kappa shape index (κ2) is 4.40. The first-order valence-corrected chi connectivity index (χ1v) is 6.36. The molecule has 19 heavy (non-hydrogen) atoms. The van der Waals surface area contributed by atoms with Crippen molar-refractivity contribution in [2.24, 2.45) is 0 Å². The molecule has 3 aromatic rings. The van der Waals surface area contributed by atoms with Crippen LogP contribution in [0.1, 0.15) is 16.1 Å². The Morgan fingerprint density at radius 2 is 2.16 bits per heavy atom. The van der Waals surface area contributed by atoms with Gasteiger partial charge in [-0.05, 0) is 42.2 Å². The van der Waals surface area contributed by atoms with Crippen LogP contribution < -0.4 is 0 Å². The highest BCUT2D eigenvalue weighted by molar-refractivity contribution is 7.13. The third-order valence-electron chi connectivity index (χ3n) is 2.74. The first kappa shape index (κ1) is 11.7. The van der Waals surface area contributed by atoms with Crippen molar-refractivity contribution in [2.45, 2.75) is 6.92 Å². The van der Waals surface area contributed by atoms with Gasteiger partial charge in [-0.1, -0.05) is 6.07 Å². The summed E-state index contributed by atoms with van der Waals surface area (Å²) in [7, 11) is 0. The van der Waals surface area contributed by atoms with E-state index in [0.29, 0.717) is 11.2 Å². The zero-order valence-electron chi connectivity index (χ0n) is 9.99. The Bertz CT molecular complexity index is 768. The number of hydrogen-bond acceptors (Lipinski definition) is 5. The monoisotopic (exact) mass is 271 g/mol. The fourth-order valence-electron chi connectivity index (χ4n) is 1.86. The van der Waals surface area contributed by atoms with E-state index in [4.69, 9.17) is 5.11 Å². The third-order valence-corrected chi connectivity index (χ3v) is 3.71. The van der Waals surface area contributed by atoms with Crippen LogP contribution in [0.3, 0.4) is 0 Å². The van der Waals surface area contributed by atoms with Crippen LogP contribution in [0.25, 0.3) is 21.6 Å². The number of carboxylic acid groups (broad SMARTS) is 1. The number of rotatable bonds is 2. The van der Waals surface area contributed by atoms with Gasteiger partial charge < -0.3 is 5.11 Å². The van der Waals surface area contributed by atoms with Gasteiger partial charge in [-0.25, -0.2) is 9.78 Å². The highest BCUT2D eigenvalue weighted by atomic mass is 32.1. The number of aromatic carboxylic acids is 1. The molecule has 0 unspecified atom stereocenters. The molecule has 0 saturated carbocycles. The molecule has 0 aliphatic rings. The Labute approximate surface area is 112 Å². The lowest BCUT2D eigenvalue weighted by atomic mass is 10.1. The van der Waals surface area contributed by atoms with Gasteiger partial charge in [0.25, 0.3) is 0 Å². The van der Waals surface area contributed by atoms with Gasteiger partial charge in [0.05, 0.1) is 16.1 Å². The van der Waals surface area contributed by atoms with Crippen LogP contribution >= 0.6 is 11.5 Å². The molecule has 0 bridgehead atoms. The van der Waals surface area contributed by atoms with Gasteiger partial charge >= 0.3 is 5.97 Å². The van der Waals surface area contributed by atoms with Crippen LogP contribution in [-0.4, -0.2) is 25.4 Å². The van der Waals surface area contributed by atoms with E-state index in [1.807, 2.05) is 31.2 Å². The van der Waals surface area contributed by atoms with E-state index in [0.717, 1.165) is 27.5 Å². The van der Waals surface area contributed by atoms with Crippen LogP contribution in [0.4, 0.5) is 0 Å². The molecule has 0 aliphatic carbocycles. The van der Waals surface area contributed by atoms with Crippen molar-refractivity contribution in [3.05, 3.63) is 41.7 Å². The average molecular weight is 271 g/mol. The first-order valence-electron chi connectivity index (χ1n) is 5.58. The minimum atomic E-state index is -1.06. The number of hydrogen-bond donors (Lipinski definition) is 1. The zero-order chi connectivity index (χ0) is 13.4. The second-order valence-electron chi connectivity index (χ2n) is 4.05. The molecule has 3 heterocycles. The lowest BCUT2D eigenvalue weighted by Gasteiger charge is -2.02. The van der Waals surface area contributed by atoms with Crippen LogP contribution in [0.15, 0.2) is 30.5 Å². The molecule has 0 fully saturated rings. The van der Waals surface area contributed by atoms with Gasteiger partial charge in [-0.2, -0.15) is 4.37 Å². The molecule has 0 atom stereocenters. The Balaban J connectivity index is 2.28. The molecule has 0 aliphatic heterocycles. The molecule has 0 aromatic carbocycles. The average Bonchev–Trinajstić information content (AvgIpc) is 2.84. The van der Waals surface area contributed by atoms with Crippen molar-refractivity contribution in [3.63, 3.8) is 0 Å². The number of fused-ring (bicyclic) bond motifs is 1. The van der Waals surface area contributed by atoms with Crippen molar-refractivity contribution in [1.29, 1.82) is 0 Å². The van der Waals surface area contributed by atoms with Crippen molar-refractivity contribution >= 4 is 27.7 Å². The molecule has 94 valence electrons. The summed E-state index contributed by atoms with van der Waals surface area (Å²) in [5, 5.41) is 9.11. The fourth-order valence-corrected chi connectivity index (χ4v) is 2.64. The smallest absolute Gasteiger partial charge is 0.357 e. The summed E-state index contributed by atoms with van der Waals surface area (Å²) in [6.45, 7) is 1.92. The van der Waals surface area contributed by atoms with E-state index in [2.05, 4.69) is 14.3 Å². The summed E-state index contributed by atoms with van der Waals surface area (Å²) in [5.74, 6) is -1.06. The predicted octanol–water partition coefficient (Wildman–Crippen LogP) is 2.76. The zero-order valence-corrected chi connectivity index (χ0v) is 10.8. The number of aryl methyl sites for hydroxylation is 1. The van der Waals surface area contributed by atoms with Crippen LogP contribution in [0.2, 0.25) is 0 Å². The molecule has 0 radical (unpaired) electrons. The quantitative estimate of drug-likeness (QED) is 0.775. The van der Waals surface area contributed by atoms with Crippen molar-refractivity contribution in [3.8, 4) is 11.4 Å². The molecule has 0 spiro atoms. The van der Waals surface area contributed by atoms with Crippen LogP contribution in [-0.2, 0) is 0 Å². The highest BCUT2D eigenvalue weighted by Gasteiger charge is 2.17. The summed E-state index contributed by atoms with van der Waals surface area (Å²) in [6.07, 6.45) is 1.68. The van der Waals surface area contributed by atoms with Gasteiger partial charge in [-0.3, -0.25) is 4.98 Å².